The fourth-order valence-electron chi connectivity index (χ4n) is 0.992. The van der Waals surface area contributed by atoms with Gasteiger partial charge in [0.1, 0.15) is 0 Å². The van der Waals surface area contributed by atoms with E-state index < -0.39 is 11.1 Å². The molecule has 0 aliphatic rings. The molecule has 0 amide bonds. The summed E-state index contributed by atoms with van der Waals surface area (Å²) in [5, 5.41) is 0. The Hall–Kier alpha value is -0.870. The third-order valence-electron chi connectivity index (χ3n) is 1.74. The van der Waals surface area contributed by atoms with Crippen LogP contribution in [0.3, 0.4) is 0 Å². The van der Waals surface area contributed by atoms with E-state index in [2.05, 4.69) is 0 Å². The molecule has 0 saturated carbocycles. The first kappa shape index (κ1) is 9.22. The molecule has 1 atom stereocenters. The van der Waals surface area contributed by atoms with Crippen LogP contribution in [0.5, 0.6) is 0 Å². The van der Waals surface area contributed by atoms with Crippen molar-refractivity contribution in [2.45, 2.75) is 18.7 Å². The van der Waals surface area contributed by atoms with E-state index in [0.717, 1.165) is 5.56 Å². The Morgan fingerprint density at radius 2 is 1.92 bits per heavy atom. The van der Waals surface area contributed by atoms with Gasteiger partial charge in [0, 0.05) is 10.6 Å². The molecular formula is C8H10NO2S-. The van der Waals surface area contributed by atoms with Crippen LogP contribution in [0.1, 0.15) is 11.1 Å². The number of rotatable bonds is 1. The molecule has 4 heteroatoms. The van der Waals surface area contributed by atoms with Crippen molar-refractivity contribution in [3.63, 3.8) is 0 Å². The molecular weight excluding hydrogens is 174 g/mol. The largest absolute Gasteiger partial charge is 0.768 e. The fourth-order valence-corrected chi connectivity index (χ4v) is 1.59. The normalized spacial score (nSPS) is 12.9. The Balaban J connectivity index is 3.33. The maximum absolute atomic E-state index is 10.6. The van der Waals surface area contributed by atoms with E-state index in [1.165, 1.54) is 0 Å². The quantitative estimate of drug-likeness (QED) is 0.525. The zero-order valence-corrected chi connectivity index (χ0v) is 7.77. The van der Waals surface area contributed by atoms with Gasteiger partial charge in [0.15, 0.2) is 0 Å². The molecule has 12 heavy (non-hydrogen) atoms. The summed E-state index contributed by atoms with van der Waals surface area (Å²) in [6.07, 6.45) is 0. The van der Waals surface area contributed by atoms with Crippen LogP contribution < -0.4 is 5.73 Å². The van der Waals surface area contributed by atoms with Crippen molar-refractivity contribution < 1.29 is 8.76 Å². The Kier molecular flexibility index (Phi) is 2.49. The maximum atomic E-state index is 10.6. The van der Waals surface area contributed by atoms with E-state index in [1.54, 1.807) is 26.0 Å². The molecule has 0 aliphatic heterocycles. The van der Waals surface area contributed by atoms with Crippen molar-refractivity contribution in [2.24, 2.45) is 0 Å². The van der Waals surface area contributed by atoms with Gasteiger partial charge >= 0.3 is 0 Å². The summed E-state index contributed by atoms with van der Waals surface area (Å²) < 4.78 is 21.3. The predicted octanol–water partition coefficient (Wildman–Crippen LogP) is 1.12. The summed E-state index contributed by atoms with van der Waals surface area (Å²) >= 11 is -2.16. The van der Waals surface area contributed by atoms with Crippen LogP contribution in [-0.2, 0) is 11.1 Å². The molecule has 0 bridgehead atoms. The molecule has 1 rings (SSSR count). The summed E-state index contributed by atoms with van der Waals surface area (Å²) in [5.74, 6) is 0. The minimum Gasteiger partial charge on any atom is -0.768 e. The van der Waals surface area contributed by atoms with Gasteiger partial charge in [-0.15, -0.1) is 0 Å². The van der Waals surface area contributed by atoms with E-state index in [4.69, 9.17) is 5.73 Å². The summed E-state index contributed by atoms with van der Waals surface area (Å²) in [7, 11) is 0. The third-order valence-corrected chi connectivity index (χ3v) is 2.54. The average molecular weight is 184 g/mol. The lowest BCUT2D eigenvalue weighted by molar-refractivity contribution is 0.536. The van der Waals surface area contributed by atoms with Crippen LogP contribution in [0.4, 0.5) is 5.69 Å². The van der Waals surface area contributed by atoms with E-state index >= 15 is 0 Å². The standard InChI is InChI=1S/C8H11NO2S/c1-5-4-8(12(10)11)6(2)3-7(5)9/h3-4H,9H2,1-2H3,(H,10,11)/p-1. The van der Waals surface area contributed by atoms with Crippen LogP contribution in [0.2, 0.25) is 0 Å². The number of nitrogens with two attached hydrogens (primary N) is 1. The molecule has 0 aliphatic carbocycles. The van der Waals surface area contributed by atoms with E-state index in [1.807, 2.05) is 0 Å². The summed E-state index contributed by atoms with van der Waals surface area (Å²) in [6.45, 7) is 3.51. The number of hydrogen-bond acceptors (Lipinski definition) is 3. The second kappa shape index (κ2) is 3.25. The number of aryl methyl sites for hydroxylation is 2. The molecule has 2 N–H and O–H groups in total. The van der Waals surface area contributed by atoms with Crippen LogP contribution >= 0.6 is 0 Å². The van der Waals surface area contributed by atoms with Gasteiger partial charge < -0.3 is 10.3 Å². The van der Waals surface area contributed by atoms with Gasteiger partial charge in [-0.25, -0.2) is 0 Å². The SMILES string of the molecule is Cc1cc(S(=O)[O-])c(C)cc1N. The van der Waals surface area contributed by atoms with Crippen LogP contribution in [0, 0.1) is 13.8 Å². The average Bonchev–Trinajstić information content (AvgIpc) is 1.96. The Bertz CT molecular complexity index is 336. The Morgan fingerprint density at radius 3 is 2.42 bits per heavy atom. The second-order valence-electron chi connectivity index (χ2n) is 2.71. The Labute approximate surface area is 73.9 Å². The van der Waals surface area contributed by atoms with Crippen molar-refractivity contribution in [3.05, 3.63) is 23.3 Å². The van der Waals surface area contributed by atoms with Crippen LogP contribution in [-0.4, -0.2) is 8.76 Å². The molecule has 0 aromatic heterocycles. The monoisotopic (exact) mass is 184 g/mol. The molecule has 0 radical (unpaired) electrons. The topological polar surface area (TPSA) is 66.1 Å². The summed E-state index contributed by atoms with van der Waals surface area (Å²) in [6, 6.07) is 3.24. The van der Waals surface area contributed by atoms with Gasteiger partial charge in [0.05, 0.1) is 0 Å². The van der Waals surface area contributed by atoms with Gasteiger partial charge in [-0.05, 0) is 48.2 Å². The molecule has 66 valence electrons. The highest BCUT2D eigenvalue weighted by molar-refractivity contribution is 7.79. The molecule has 1 unspecified atom stereocenters. The van der Waals surface area contributed by atoms with Gasteiger partial charge in [-0.2, -0.15) is 0 Å². The van der Waals surface area contributed by atoms with E-state index in [9.17, 15) is 8.76 Å². The van der Waals surface area contributed by atoms with Crippen molar-refractivity contribution in [1.82, 2.24) is 0 Å². The van der Waals surface area contributed by atoms with Gasteiger partial charge in [0.25, 0.3) is 0 Å². The number of anilines is 1. The lowest BCUT2D eigenvalue weighted by Crippen LogP contribution is -1.97. The fraction of sp³-hybridized carbons (Fsp3) is 0.250. The number of hydrogen-bond donors (Lipinski definition) is 1. The highest BCUT2D eigenvalue weighted by atomic mass is 32.2. The van der Waals surface area contributed by atoms with Gasteiger partial charge in [-0.3, -0.25) is 4.21 Å². The predicted molar refractivity (Wildman–Crippen MR) is 47.5 cm³/mol. The van der Waals surface area contributed by atoms with Crippen molar-refractivity contribution in [2.75, 3.05) is 5.73 Å². The maximum Gasteiger partial charge on any atom is 0.0347 e. The first-order valence-corrected chi connectivity index (χ1v) is 4.56. The minimum atomic E-state index is -2.16. The van der Waals surface area contributed by atoms with E-state index in [-0.39, 0.29) is 0 Å². The van der Waals surface area contributed by atoms with Crippen molar-refractivity contribution in [1.29, 1.82) is 0 Å². The molecule has 1 aromatic rings. The van der Waals surface area contributed by atoms with Crippen LogP contribution in [0.15, 0.2) is 17.0 Å². The molecule has 0 fully saturated rings. The smallest absolute Gasteiger partial charge is 0.0347 e. The van der Waals surface area contributed by atoms with Crippen LogP contribution in [0.25, 0.3) is 0 Å². The van der Waals surface area contributed by atoms with Crippen molar-refractivity contribution in [3.8, 4) is 0 Å². The first-order chi connectivity index (χ1) is 5.52. The minimum absolute atomic E-state index is 0.321. The molecule has 0 heterocycles. The summed E-state index contributed by atoms with van der Waals surface area (Å²) in [5.41, 5.74) is 7.69. The zero-order valence-electron chi connectivity index (χ0n) is 6.96. The van der Waals surface area contributed by atoms with Gasteiger partial charge in [-0.1, -0.05) is 0 Å². The summed E-state index contributed by atoms with van der Waals surface area (Å²) in [4.78, 5) is 0.321. The van der Waals surface area contributed by atoms with Gasteiger partial charge in [0.2, 0.25) is 0 Å². The Morgan fingerprint density at radius 1 is 1.33 bits per heavy atom. The van der Waals surface area contributed by atoms with Crippen molar-refractivity contribution >= 4 is 16.8 Å². The number of benzene rings is 1. The molecule has 1 aromatic carbocycles. The molecule has 3 nitrogen and oxygen atoms in total. The highest BCUT2D eigenvalue weighted by Gasteiger charge is 2.01. The molecule has 0 spiro atoms. The highest BCUT2D eigenvalue weighted by Crippen LogP contribution is 2.19. The number of nitrogen functional groups attached to an aromatic ring is 1. The lowest BCUT2D eigenvalue weighted by atomic mass is 10.1. The molecule has 0 saturated heterocycles. The lowest BCUT2D eigenvalue weighted by Gasteiger charge is -2.11. The zero-order chi connectivity index (χ0) is 9.30. The first-order valence-electron chi connectivity index (χ1n) is 3.48. The van der Waals surface area contributed by atoms with E-state index in [0.29, 0.717) is 16.1 Å². The second-order valence-corrected chi connectivity index (χ2v) is 3.62. The third kappa shape index (κ3) is 1.65.